The third-order valence-electron chi connectivity index (χ3n) is 5.61. The number of nitrogens with one attached hydrogen (secondary N) is 3. The highest BCUT2D eigenvalue weighted by molar-refractivity contribution is 6.10. The van der Waals surface area contributed by atoms with E-state index < -0.39 is 12.0 Å². The molecule has 1 aliphatic heterocycles. The van der Waals surface area contributed by atoms with Crippen LogP contribution in [-0.4, -0.2) is 42.7 Å². The van der Waals surface area contributed by atoms with Crippen molar-refractivity contribution in [1.29, 1.82) is 0 Å². The number of aryl methyl sites for hydroxylation is 1. The van der Waals surface area contributed by atoms with Crippen LogP contribution in [0.5, 0.6) is 5.75 Å². The minimum atomic E-state index is -0.688. The number of hydrogen-bond acceptors (Lipinski definition) is 6. The van der Waals surface area contributed by atoms with Crippen molar-refractivity contribution in [3.63, 3.8) is 0 Å². The topological polar surface area (TPSA) is 126 Å². The van der Waals surface area contributed by atoms with Gasteiger partial charge in [-0.15, -0.1) is 0 Å². The molecule has 3 rings (SSSR count). The Morgan fingerprint density at radius 2 is 1.97 bits per heavy atom. The monoisotopic (exact) mass is 469 g/mol. The summed E-state index contributed by atoms with van der Waals surface area (Å²) in [4.78, 5) is 37.2. The molecule has 0 radical (unpaired) electrons. The lowest BCUT2D eigenvalue weighted by Gasteiger charge is -2.20. The molecule has 3 amide bonds. The van der Waals surface area contributed by atoms with E-state index in [1.165, 1.54) is 0 Å². The summed E-state index contributed by atoms with van der Waals surface area (Å²) in [5, 5.41) is 14.3. The smallest absolute Gasteiger partial charge is 0.257 e. The molecule has 9 heteroatoms. The van der Waals surface area contributed by atoms with E-state index in [2.05, 4.69) is 10.6 Å². The van der Waals surface area contributed by atoms with Gasteiger partial charge in [-0.25, -0.2) is 5.48 Å². The van der Waals surface area contributed by atoms with Gasteiger partial charge in [-0.1, -0.05) is 25.0 Å². The van der Waals surface area contributed by atoms with E-state index in [1.54, 1.807) is 42.9 Å². The fourth-order valence-electron chi connectivity index (χ4n) is 3.84. The predicted octanol–water partition coefficient (Wildman–Crippen LogP) is 3.67. The van der Waals surface area contributed by atoms with Gasteiger partial charge in [-0.2, -0.15) is 0 Å². The summed E-state index contributed by atoms with van der Waals surface area (Å²) in [5.74, 6) is -0.435. The van der Waals surface area contributed by atoms with Gasteiger partial charge in [0.05, 0.1) is 18.4 Å². The molecule has 0 aromatic heterocycles. The molecule has 2 bridgehead atoms. The number of carbonyl (C=O) groups is 3. The van der Waals surface area contributed by atoms with Crippen LogP contribution < -0.4 is 20.9 Å². The summed E-state index contributed by atoms with van der Waals surface area (Å²) in [6.07, 6.45) is 3.39. The van der Waals surface area contributed by atoms with E-state index >= 15 is 0 Å². The molecule has 9 nitrogen and oxygen atoms in total. The summed E-state index contributed by atoms with van der Waals surface area (Å²) in [5.41, 5.74) is 3.96. The number of ether oxygens (including phenoxy) is 2. The zero-order chi connectivity index (χ0) is 24.3. The second-order valence-corrected chi connectivity index (χ2v) is 8.16. The second kappa shape index (κ2) is 12.7. The Kier molecular flexibility index (Phi) is 9.42. The molecular formula is C25H31N3O6. The molecule has 0 fully saturated rings. The highest BCUT2D eigenvalue weighted by Crippen LogP contribution is 2.25. The van der Waals surface area contributed by atoms with E-state index in [4.69, 9.17) is 14.7 Å². The Morgan fingerprint density at radius 1 is 1.15 bits per heavy atom. The van der Waals surface area contributed by atoms with Gasteiger partial charge in [0, 0.05) is 24.8 Å². The third kappa shape index (κ3) is 7.29. The van der Waals surface area contributed by atoms with Gasteiger partial charge in [-0.05, 0) is 55.5 Å². The molecule has 4 N–H and O–H groups in total. The second-order valence-electron chi connectivity index (χ2n) is 8.16. The summed E-state index contributed by atoms with van der Waals surface area (Å²) < 4.78 is 11.3. The van der Waals surface area contributed by atoms with Crippen LogP contribution in [0, 0.1) is 0 Å². The molecule has 182 valence electrons. The van der Waals surface area contributed by atoms with Crippen molar-refractivity contribution in [3.8, 4) is 5.75 Å². The van der Waals surface area contributed by atoms with Crippen LogP contribution in [0.15, 0.2) is 42.5 Å². The molecule has 0 saturated carbocycles. The summed E-state index contributed by atoms with van der Waals surface area (Å²) >= 11 is 0. The number of benzene rings is 2. The summed E-state index contributed by atoms with van der Waals surface area (Å²) in [6, 6.07) is 12.4. The number of hydrogen-bond donors (Lipinski definition) is 4. The van der Waals surface area contributed by atoms with Gasteiger partial charge < -0.3 is 20.1 Å². The molecule has 1 atom stereocenters. The zero-order valence-electron chi connectivity index (χ0n) is 19.3. The van der Waals surface area contributed by atoms with Crippen LogP contribution in [0.2, 0.25) is 0 Å². The molecule has 0 unspecified atom stereocenters. The minimum Gasteiger partial charge on any atom is -0.497 e. The Morgan fingerprint density at radius 3 is 2.76 bits per heavy atom. The average Bonchev–Trinajstić information content (AvgIpc) is 2.84. The van der Waals surface area contributed by atoms with Crippen LogP contribution in [-0.2, 0) is 20.7 Å². The van der Waals surface area contributed by atoms with Gasteiger partial charge in [0.25, 0.3) is 11.8 Å². The molecular weight excluding hydrogens is 438 g/mol. The maximum atomic E-state index is 13.0. The number of unbranched alkanes of at least 4 members (excludes halogenated alkanes) is 2. The maximum Gasteiger partial charge on any atom is 0.257 e. The van der Waals surface area contributed by atoms with E-state index in [1.807, 2.05) is 12.1 Å². The SMILES string of the molecule is COc1cc2cc(c1)NC(=O)c1ccccc1NC(=O)[C@@H](CCCCCC(=O)NO)OCCC2. The highest BCUT2D eigenvalue weighted by Gasteiger charge is 2.22. The average molecular weight is 470 g/mol. The van der Waals surface area contributed by atoms with Crippen molar-refractivity contribution >= 4 is 29.1 Å². The fraction of sp³-hybridized carbons (Fsp3) is 0.400. The number of carbonyl (C=O) groups excluding carboxylic acids is 3. The van der Waals surface area contributed by atoms with Crippen molar-refractivity contribution in [3.05, 3.63) is 53.6 Å². The molecule has 1 aliphatic rings. The van der Waals surface area contributed by atoms with Crippen molar-refractivity contribution in [2.75, 3.05) is 24.4 Å². The standard InChI is InChI=1S/C25H31N3O6/c1-33-19-15-17-8-7-13-34-22(11-3-2-4-12-23(29)28-32)25(31)27-21-10-6-5-9-20(21)24(30)26-18(14-17)16-19/h5-6,9-10,14-16,22,32H,2-4,7-8,11-13H2,1H3,(H,26,30)(H,27,31)(H,28,29)/t22-/m1/s1. The van der Waals surface area contributed by atoms with E-state index in [0.29, 0.717) is 67.8 Å². The van der Waals surface area contributed by atoms with Crippen LogP contribution in [0.4, 0.5) is 11.4 Å². The number of hydroxylamine groups is 1. The van der Waals surface area contributed by atoms with Crippen LogP contribution in [0.1, 0.15) is 54.4 Å². The minimum absolute atomic E-state index is 0.221. The molecule has 2 aromatic rings. The van der Waals surface area contributed by atoms with Crippen LogP contribution in [0.3, 0.4) is 0 Å². The predicted molar refractivity (Wildman–Crippen MR) is 127 cm³/mol. The Labute approximate surface area is 198 Å². The zero-order valence-corrected chi connectivity index (χ0v) is 19.3. The van der Waals surface area contributed by atoms with Crippen LogP contribution >= 0.6 is 0 Å². The fourth-order valence-corrected chi connectivity index (χ4v) is 3.84. The molecule has 34 heavy (non-hydrogen) atoms. The van der Waals surface area contributed by atoms with Crippen molar-refractivity contribution in [2.24, 2.45) is 0 Å². The maximum absolute atomic E-state index is 13.0. The first-order chi connectivity index (χ1) is 16.5. The van der Waals surface area contributed by atoms with Gasteiger partial charge in [0.15, 0.2) is 0 Å². The lowest BCUT2D eigenvalue weighted by Crippen LogP contribution is -2.32. The van der Waals surface area contributed by atoms with E-state index in [0.717, 1.165) is 5.56 Å². The lowest BCUT2D eigenvalue weighted by molar-refractivity contribution is -0.129. The lowest BCUT2D eigenvalue weighted by atomic mass is 10.1. The Balaban J connectivity index is 1.77. The molecule has 1 heterocycles. The number of anilines is 2. The first kappa shape index (κ1) is 25.2. The Hall–Kier alpha value is -3.43. The largest absolute Gasteiger partial charge is 0.497 e. The number of amides is 3. The number of para-hydroxylation sites is 1. The third-order valence-corrected chi connectivity index (χ3v) is 5.61. The first-order valence-electron chi connectivity index (χ1n) is 11.4. The molecule has 0 spiro atoms. The molecule has 0 aliphatic carbocycles. The van der Waals surface area contributed by atoms with Crippen molar-refractivity contribution in [2.45, 2.75) is 51.0 Å². The Bertz CT molecular complexity index is 1010. The van der Waals surface area contributed by atoms with Gasteiger partial charge in [-0.3, -0.25) is 19.6 Å². The van der Waals surface area contributed by atoms with Gasteiger partial charge >= 0.3 is 0 Å². The van der Waals surface area contributed by atoms with E-state index in [-0.39, 0.29) is 18.2 Å². The first-order valence-corrected chi connectivity index (χ1v) is 11.4. The van der Waals surface area contributed by atoms with E-state index in [9.17, 15) is 14.4 Å². The number of methoxy groups -OCH3 is 1. The normalized spacial score (nSPS) is 16.5. The molecule has 2 aromatic carbocycles. The highest BCUT2D eigenvalue weighted by atomic mass is 16.5. The summed E-state index contributed by atoms with van der Waals surface area (Å²) in [7, 11) is 1.58. The number of fused-ring (bicyclic) bond motifs is 3. The van der Waals surface area contributed by atoms with Crippen molar-refractivity contribution < 1.29 is 29.1 Å². The van der Waals surface area contributed by atoms with Crippen molar-refractivity contribution in [1.82, 2.24) is 5.48 Å². The quantitative estimate of drug-likeness (QED) is 0.278. The van der Waals surface area contributed by atoms with Gasteiger partial charge in [0.1, 0.15) is 11.9 Å². The van der Waals surface area contributed by atoms with Gasteiger partial charge in [0.2, 0.25) is 5.91 Å². The summed E-state index contributed by atoms with van der Waals surface area (Å²) in [6.45, 7) is 0.394. The van der Waals surface area contributed by atoms with Crippen LogP contribution in [0.25, 0.3) is 0 Å². The number of rotatable bonds is 7. The molecule has 0 saturated heterocycles.